The number of benzene rings is 1. The number of amides is 1. The maximum Gasteiger partial charge on any atom is 0.275 e. The minimum absolute atomic E-state index is 0.00507. The van der Waals surface area contributed by atoms with Crippen LogP contribution in [0.3, 0.4) is 0 Å². The molecule has 1 atom stereocenters. The van der Waals surface area contributed by atoms with Gasteiger partial charge in [0, 0.05) is 24.4 Å². The number of non-ortho nitro benzene ring substituents is 1. The molecule has 0 saturated carbocycles. The lowest BCUT2D eigenvalue weighted by Crippen LogP contribution is -2.27. The number of carbonyl (C=O) groups excluding carboxylic acids is 1. The van der Waals surface area contributed by atoms with Crippen LogP contribution in [-0.4, -0.2) is 23.9 Å². The highest BCUT2D eigenvalue weighted by Crippen LogP contribution is 2.32. The van der Waals surface area contributed by atoms with Gasteiger partial charge in [0.2, 0.25) is 5.91 Å². The Kier molecular flexibility index (Phi) is 3.99. The van der Waals surface area contributed by atoms with Gasteiger partial charge in [-0.25, -0.2) is 8.78 Å². The number of anilines is 1. The molecule has 1 amide bonds. The summed E-state index contributed by atoms with van der Waals surface area (Å²) in [6.07, 6.45) is -0.00507. The number of rotatable bonds is 4. The largest absolute Gasteiger partial charge is 0.307 e. The molecule has 0 aromatic heterocycles. The molecule has 1 aromatic carbocycles. The van der Waals surface area contributed by atoms with Crippen molar-refractivity contribution in [1.29, 1.82) is 0 Å². The summed E-state index contributed by atoms with van der Waals surface area (Å²) in [4.78, 5) is 24.8. The molecule has 1 fully saturated rings. The fourth-order valence-electron chi connectivity index (χ4n) is 2.19. The van der Waals surface area contributed by atoms with Crippen LogP contribution in [0.2, 0.25) is 0 Å². The molecule has 1 aliphatic heterocycles. The predicted octanol–water partition coefficient (Wildman–Crippen LogP) is 2.54. The molecule has 0 aliphatic carbocycles. The molecular weight excluding hydrogens is 288 g/mol. The highest BCUT2D eigenvalue weighted by molar-refractivity contribution is 5.96. The third kappa shape index (κ3) is 2.90. The fraction of sp³-hybridized carbons (Fsp3) is 0.364. The van der Waals surface area contributed by atoms with Crippen molar-refractivity contribution >= 4 is 17.3 Å². The van der Waals surface area contributed by atoms with Crippen LogP contribution in [0.4, 0.5) is 20.2 Å². The zero-order valence-corrected chi connectivity index (χ0v) is 10.6. The lowest BCUT2D eigenvalue weighted by molar-refractivity contribution is -0.385. The molecule has 21 heavy (non-hydrogen) atoms. The van der Waals surface area contributed by atoms with Crippen molar-refractivity contribution in [2.75, 3.05) is 18.0 Å². The lowest BCUT2D eigenvalue weighted by Gasteiger charge is -2.17. The summed E-state index contributed by atoms with van der Waals surface area (Å²) in [6, 6.07) is 1.12. The number of carbonyl (C=O) groups is 1. The average Bonchev–Trinajstić information content (AvgIpc) is 2.76. The van der Waals surface area contributed by atoms with Gasteiger partial charge in [0.15, 0.2) is 11.6 Å². The molecule has 0 radical (unpaired) electrons. The van der Waals surface area contributed by atoms with E-state index in [2.05, 4.69) is 10.0 Å². The molecule has 0 spiro atoms. The first kappa shape index (κ1) is 14.7. The van der Waals surface area contributed by atoms with Gasteiger partial charge in [0.05, 0.1) is 17.1 Å². The highest BCUT2D eigenvalue weighted by Gasteiger charge is 2.34. The quantitative estimate of drug-likeness (QED) is 0.280. The number of hydrogen-bond donors (Lipinski definition) is 0. The Hall–Kier alpha value is -2.74. The van der Waals surface area contributed by atoms with E-state index in [1.54, 1.807) is 0 Å². The fourth-order valence-corrected chi connectivity index (χ4v) is 2.19. The number of nitro benzene ring substituents is 1. The first-order valence-corrected chi connectivity index (χ1v) is 5.88. The second-order valence-corrected chi connectivity index (χ2v) is 4.50. The van der Waals surface area contributed by atoms with Crippen molar-refractivity contribution in [2.24, 2.45) is 11.0 Å². The predicted molar refractivity (Wildman–Crippen MR) is 67.5 cm³/mol. The van der Waals surface area contributed by atoms with E-state index in [-0.39, 0.29) is 25.4 Å². The maximum absolute atomic E-state index is 13.9. The summed E-state index contributed by atoms with van der Waals surface area (Å²) in [5.74, 6) is -3.24. The minimum atomic E-state index is -1.18. The van der Waals surface area contributed by atoms with Gasteiger partial charge in [0.1, 0.15) is 5.69 Å². The monoisotopic (exact) mass is 297 g/mol. The smallest absolute Gasteiger partial charge is 0.275 e. The zero-order chi connectivity index (χ0) is 15.6. The number of hydrogen-bond acceptors (Lipinski definition) is 4. The third-order valence-electron chi connectivity index (χ3n) is 3.09. The molecule has 10 heteroatoms. The van der Waals surface area contributed by atoms with E-state index in [0.29, 0.717) is 12.1 Å². The van der Waals surface area contributed by atoms with Crippen LogP contribution in [0.15, 0.2) is 17.2 Å². The van der Waals surface area contributed by atoms with Gasteiger partial charge in [-0.2, -0.15) is 0 Å². The van der Waals surface area contributed by atoms with Gasteiger partial charge in [-0.05, 0) is 11.4 Å². The molecule has 1 heterocycles. The zero-order valence-electron chi connectivity index (χ0n) is 10.6. The normalized spacial score (nSPS) is 17.7. The van der Waals surface area contributed by atoms with Gasteiger partial charge in [0.25, 0.3) is 5.69 Å². The van der Waals surface area contributed by atoms with Crippen LogP contribution in [0.25, 0.3) is 10.4 Å². The Morgan fingerprint density at radius 2 is 2.10 bits per heavy atom. The first-order valence-electron chi connectivity index (χ1n) is 5.88. The molecule has 1 saturated heterocycles. The number of nitrogens with zero attached hydrogens (tertiary/aromatic N) is 5. The molecule has 1 aliphatic rings. The van der Waals surface area contributed by atoms with E-state index in [1.807, 2.05) is 0 Å². The van der Waals surface area contributed by atoms with E-state index in [0.717, 1.165) is 4.90 Å². The van der Waals surface area contributed by atoms with Crippen molar-refractivity contribution in [1.82, 2.24) is 0 Å². The first-order chi connectivity index (χ1) is 9.93. The number of halogens is 2. The van der Waals surface area contributed by atoms with Crippen molar-refractivity contribution in [2.45, 2.75) is 6.42 Å². The molecule has 2 rings (SSSR count). The van der Waals surface area contributed by atoms with Crippen molar-refractivity contribution in [3.63, 3.8) is 0 Å². The van der Waals surface area contributed by atoms with Gasteiger partial charge < -0.3 is 4.90 Å². The molecule has 8 nitrogen and oxygen atoms in total. The summed E-state index contributed by atoms with van der Waals surface area (Å²) < 4.78 is 27.7. The molecule has 110 valence electrons. The molecule has 1 aromatic rings. The number of nitro groups is 1. The van der Waals surface area contributed by atoms with Gasteiger partial charge >= 0.3 is 0 Å². The molecule has 0 N–H and O–H groups in total. The van der Waals surface area contributed by atoms with E-state index in [1.165, 1.54) is 0 Å². The van der Waals surface area contributed by atoms with Crippen LogP contribution in [-0.2, 0) is 4.79 Å². The molecule has 0 bridgehead atoms. The van der Waals surface area contributed by atoms with Crippen molar-refractivity contribution in [3.05, 3.63) is 44.3 Å². The maximum atomic E-state index is 13.9. The Bertz CT molecular complexity index is 636. The summed E-state index contributed by atoms with van der Waals surface area (Å²) in [6.45, 7) is 0.0263. The summed E-state index contributed by atoms with van der Waals surface area (Å²) in [5, 5.41) is 13.8. The molecule has 1 unspecified atom stereocenters. The highest BCUT2D eigenvalue weighted by atomic mass is 19.1. The van der Waals surface area contributed by atoms with Gasteiger partial charge in [-0.3, -0.25) is 14.9 Å². The lowest BCUT2D eigenvalue weighted by atomic mass is 10.1. The third-order valence-corrected chi connectivity index (χ3v) is 3.09. The van der Waals surface area contributed by atoms with E-state index in [9.17, 15) is 23.7 Å². The number of azide groups is 1. The Balaban J connectivity index is 2.32. The van der Waals surface area contributed by atoms with Crippen molar-refractivity contribution < 1.29 is 18.5 Å². The Morgan fingerprint density at radius 3 is 2.62 bits per heavy atom. The van der Waals surface area contributed by atoms with Crippen LogP contribution in [0.5, 0.6) is 0 Å². The van der Waals surface area contributed by atoms with Crippen LogP contribution < -0.4 is 4.90 Å². The van der Waals surface area contributed by atoms with Crippen LogP contribution in [0.1, 0.15) is 6.42 Å². The van der Waals surface area contributed by atoms with E-state index in [4.69, 9.17) is 5.53 Å². The Labute approximate surface area is 116 Å². The summed E-state index contributed by atoms with van der Waals surface area (Å²) in [7, 11) is 0. The minimum Gasteiger partial charge on any atom is -0.307 e. The van der Waals surface area contributed by atoms with Gasteiger partial charge in [-0.15, -0.1) is 0 Å². The SMILES string of the molecule is [N-]=[N+]=NCC1CC(=O)N(c2c(F)cc([N+](=O)[O-])cc2F)C1. The standard InChI is InChI=1S/C11H9F2N5O3/c12-8-2-7(18(20)21)3-9(13)11(8)17-5-6(1-10(17)19)4-15-16-14/h2-3,6H,1,4-5H2. The molecular formula is C11H9F2N5O3. The van der Waals surface area contributed by atoms with Crippen LogP contribution in [0, 0.1) is 27.7 Å². The van der Waals surface area contributed by atoms with E-state index < -0.39 is 33.8 Å². The topological polar surface area (TPSA) is 112 Å². The Morgan fingerprint density at radius 1 is 1.48 bits per heavy atom. The average molecular weight is 297 g/mol. The summed E-state index contributed by atoms with van der Waals surface area (Å²) >= 11 is 0. The van der Waals surface area contributed by atoms with Crippen molar-refractivity contribution in [3.8, 4) is 0 Å². The summed E-state index contributed by atoms with van der Waals surface area (Å²) in [5.41, 5.74) is 6.87. The van der Waals surface area contributed by atoms with E-state index >= 15 is 0 Å². The second kappa shape index (κ2) is 5.71. The van der Waals surface area contributed by atoms with Gasteiger partial charge in [-0.1, -0.05) is 5.11 Å². The van der Waals surface area contributed by atoms with Crippen LogP contribution >= 0.6 is 0 Å². The second-order valence-electron chi connectivity index (χ2n) is 4.50.